The first kappa shape index (κ1) is 22.6. The zero-order valence-corrected chi connectivity index (χ0v) is 19.4. The average molecular weight is 429 g/mol. The molecule has 2 N–H and O–H groups in total. The van der Waals surface area contributed by atoms with Crippen LogP contribution >= 0.6 is 11.3 Å². The van der Waals surface area contributed by atoms with E-state index in [0.29, 0.717) is 29.3 Å². The number of carbonyl (C=O) groups excluding carboxylic acids is 1. The summed E-state index contributed by atoms with van der Waals surface area (Å²) in [6.45, 7) is 10.7. The van der Waals surface area contributed by atoms with Gasteiger partial charge in [-0.1, -0.05) is 38.3 Å². The molecule has 1 aromatic rings. The fraction of sp³-hybridized carbons (Fsp3) is 0.625. The topological polar surface area (TPSA) is 90.2 Å². The number of hydrogen-bond acceptors (Lipinski definition) is 4. The van der Waals surface area contributed by atoms with Crippen LogP contribution in [0.2, 0.25) is 0 Å². The maximum atomic E-state index is 13.1. The molecule has 1 amide bonds. The Morgan fingerprint density at radius 1 is 1.20 bits per heavy atom. The fourth-order valence-electron chi connectivity index (χ4n) is 4.78. The third-order valence-electron chi connectivity index (χ3n) is 7.55. The third-order valence-corrected chi connectivity index (χ3v) is 8.72. The number of nitrogens with zero attached hydrogens (tertiary/aromatic N) is 1. The molecule has 30 heavy (non-hydrogen) atoms. The Morgan fingerprint density at radius 2 is 1.83 bits per heavy atom. The average Bonchev–Trinajstić information content (AvgIpc) is 3.05. The zero-order chi connectivity index (χ0) is 22.2. The molecule has 162 valence electrons. The van der Waals surface area contributed by atoms with E-state index in [1.807, 2.05) is 13.8 Å². The number of amides is 1. The van der Waals surface area contributed by atoms with Gasteiger partial charge in [-0.3, -0.25) is 9.59 Å². The van der Waals surface area contributed by atoms with Crippen molar-refractivity contribution in [1.29, 1.82) is 5.26 Å². The summed E-state index contributed by atoms with van der Waals surface area (Å²) in [5.74, 6) is -1.98. The SMILES string of the molecule is CCC(C)(C)[C@@H]1CCc2c(sc(NC(=O)[C@H]3CC(C)=C(C)C[C@@H]3C(=O)O)c2C#N)C1. The van der Waals surface area contributed by atoms with Gasteiger partial charge < -0.3 is 10.4 Å². The van der Waals surface area contributed by atoms with Crippen molar-refractivity contribution >= 4 is 28.2 Å². The van der Waals surface area contributed by atoms with Gasteiger partial charge in [-0.2, -0.15) is 5.26 Å². The molecule has 0 fully saturated rings. The van der Waals surface area contributed by atoms with Crippen molar-refractivity contribution in [3.05, 3.63) is 27.2 Å². The molecule has 1 heterocycles. The fourth-order valence-corrected chi connectivity index (χ4v) is 6.06. The minimum Gasteiger partial charge on any atom is -0.481 e. The van der Waals surface area contributed by atoms with Gasteiger partial charge in [0, 0.05) is 4.88 Å². The van der Waals surface area contributed by atoms with Crippen LogP contribution in [0.4, 0.5) is 5.00 Å². The number of thiophene rings is 1. The van der Waals surface area contributed by atoms with Gasteiger partial charge in [-0.25, -0.2) is 0 Å². The van der Waals surface area contributed by atoms with Gasteiger partial charge in [0.05, 0.1) is 17.4 Å². The smallest absolute Gasteiger partial charge is 0.307 e. The predicted molar refractivity (Wildman–Crippen MR) is 119 cm³/mol. The number of carboxylic acid groups (broad SMARTS) is 1. The van der Waals surface area contributed by atoms with Crippen molar-refractivity contribution in [2.24, 2.45) is 23.2 Å². The highest BCUT2D eigenvalue weighted by Gasteiger charge is 2.38. The van der Waals surface area contributed by atoms with Crippen molar-refractivity contribution in [3.63, 3.8) is 0 Å². The maximum absolute atomic E-state index is 13.1. The Labute approximate surface area is 183 Å². The molecule has 0 saturated heterocycles. The quantitative estimate of drug-likeness (QED) is 0.602. The predicted octanol–water partition coefficient (Wildman–Crippen LogP) is 5.55. The normalized spacial score (nSPS) is 24.2. The van der Waals surface area contributed by atoms with E-state index in [-0.39, 0.29) is 11.3 Å². The Bertz CT molecular complexity index is 935. The van der Waals surface area contributed by atoms with Crippen LogP contribution in [0.5, 0.6) is 0 Å². The largest absolute Gasteiger partial charge is 0.481 e. The van der Waals surface area contributed by atoms with Gasteiger partial charge in [0.2, 0.25) is 5.91 Å². The minimum absolute atomic E-state index is 0.246. The van der Waals surface area contributed by atoms with Crippen LogP contribution < -0.4 is 5.32 Å². The summed E-state index contributed by atoms with van der Waals surface area (Å²) in [7, 11) is 0. The Kier molecular flexibility index (Phi) is 6.43. The van der Waals surface area contributed by atoms with Crippen LogP contribution in [0.3, 0.4) is 0 Å². The molecule has 0 bridgehead atoms. The number of hydrogen-bond donors (Lipinski definition) is 2. The van der Waals surface area contributed by atoms with E-state index in [0.717, 1.165) is 42.4 Å². The molecule has 3 atom stereocenters. The van der Waals surface area contributed by atoms with Gasteiger partial charge in [0.25, 0.3) is 0 Å². The number of carboxylic acids is 1. The van der Waals surface area contributed by atoms with Gasteiger partial charge in [0.15, 0.2) is 0 Å². The van der Waals surface area contributed by atoms with E-state index < -0.39 is 17.8 Å². The van der Waals surface area contributed by atoms with Crippen molar-refractivity contribution in [1.82, 2.24) is 0 Å². The lowest BCUT2D eigenvalue weighted by Crippen LogP contribution is -2.36. The molecular weight excluding hydrogens is 396 g/mol. The number of nitriles is 1. The highest BCUT2D eigenvalue weighted by Crippen LogP contribution is 2.45. The van der Waals surface area contributed by atoms with Crippen molar-refractivity contribution in [2.75, 3.05) is 5.32 Å². The second kappa shape index (κ2) is 8.55. The van der Waals surface area contributed by atoms with E-state index in [1.54, 1.807) is 0 Å². The first-order valence-corrected chi connectivity index (χ1v) is 11.6. The van der Waals surface area contributed by atoms with Crippen LogP contribution in [0.1, 0.15) is 76.3 Å². The lowest BCUT2D eigenvalue weighted by Gasteiger charge is -2.36. The van der Waals surface area contributed by atoms with E-state index in [2.05, 4.69) is 32.2 Å². The molecule has 0 saturated carbocycles. The van der Waals surface area contributed by atoms with Crippen LogP contribution in [-0.4, -0.2) is 17.0 Å². The monoisotopic (exact) mass is 428 g/mol. The summed E-state index contributed by atoms with van der Waals surface area (Å²) >= 11 is 1.51. The number of carbonyl (C=O) groups is 2. The summed E-state index contributed by atoms with van der Waals surface area (Å²) < 4.78 is 0. The van der Waals surface area contributed by atoms with Crippen LogP contribution in [0.15, 0.2) is 11.1 Å². The Morgan fingerprint density at radius 3 is 2.40 bits per heavy atom. The summed E-state index contributed by atoms with van der Waals surface area (Å²) in [6, 6.07) is 2.30. The number of nitrogens with one attached hydrogen (secondary N) is 1. The van der Waals surface area contributed by atoms with Gasteiger partial charge in [0.1, 0.15) is 11.1 Å². The van der Waals surface area contributed by atoms with E-state index in [9.17, 15) is 20.0 Å². The first-order valence-electron chi connectivity index (χ1n) is 10.8. The first-order chi connectivity index (χ1) is 14.1. The van der Waals surface area contributed by atoms with Crippen LogP contribution in [0.25, 0.3) is 0 Å². The van der Waals surface area contributed by atoms with Gasteiger partial charge in [-0.15, -0.1) is 11.3 Å². The molecular formula is C24H32N2O3S. The molecule has 0 aliphatic heterocycles. The molecule has 0 aromatic carbocycles. The standard InChI is InChI=1S/C24H32N2O3S/c1-6-24(4,5)15-7-8-16-19(12-25)22(30-20(16)11-15)26-21(27)17-9-13(2)14(3)10-18(17)23(28)29/h15,17-18H,6-11H2,1-5H3,(H,26,27)(H,28,29)/t15-,17+,18+/m1/s1. The molecule has 6 heteroatoms. The second-order valence-electron chi connectivity index (χ2n) is 9.61. The molecule has 1 aromatic heterocycles. The number of anilines is 1. The summed E-state index contributed by atoms with van der Waals surface area (Å²) in [5, 5.41) is 23.0. The number of rotatable bonds is 5. The van der Waals surface area contributed by atoms with Gasteiger partial charge in [-0.05, 0) is 62.8 Å². The molecule has 0 radical (unpaired) electrons. The van der Waals surface area contributed by atoms with E-state index in [4.69, 9.17) is 0 Å². The van der Waals surface area contributed by atoms with Gasteiger partial charge >= 0.3 is 5.97 Å². The molecule has 0 spiro atoms. The summed E-state index contributed by atoms with van der Waals surface area (Å²) in [6.07, 6.45) is 4.82. The third kappa shape index (κ3) is 4.18. The Balaban J connectivity index is 1.85. The summed E-state index contributed by atoms with van der Waals surface area (Å²) in [4.78, 5) is 26.0. The second-order valence-corrected chi connectivity index (χ2v) is 10.7. The van der Waals surface area contributed by atoms with E-state index >= 15 is 0 Å². The minimum atomic E-state index is -0.933. The zero-order valence-electron chi connectivity index (χ0n) is 18.6. The summed E-state index contributed by atoms with van der Waals surface area (Å²) in [5.41, 5.74) is 4.04. The van der Waals surface area contributed by atoms with E-state index in [1.165, 1.54) is 16.2 Å². The Hall–Kier alpha value is -2.13. The molecule has 3 rings (SSSR count). The number of allylic oxidation sites excluding steroid dienone is 2. The van der Waals surface area contributed by atoms with Crippen molar-refractivity contribution in [3.8, 4) is 6.07 Å². The van der Waals surface area contributed by atoms with Crippen molar-refractivity contribution in [2.45, 2.75) is 73.1 Å². The number of aliphatic carboxylic acids is 1. The lowest BCUT2D eigenvalue weighted by molar-refractivity contribution is -0.146. The van der Waals surface area contributed by atoms with Crippen LogP contribution in [-0.2, 0) is 22.4 Å². The highest BCUT2D eigenvalue weighted by molar-refractivity contribution is 7.16. The van der Waals surface area contributed by atoms with Crippen molar-refractivity contribution < 1.29 is 14.7 Å². The highest BCUT2D eigenvalue weighted by atomic mass is 32.1. The molecule has 2 aliphatic rings. The molecule has 2 aliphatic carbocycles. The molecule has 5 nitrogen and oxygen atoms in total. The molecule has 0 unspecified atom stereocenters. The van der Waals surface area contributed by atoms with Crippen LogP contribution in [0, 0.1) is 34.5 Å². The maximum Gasteiger partial charge on any atom is 0.307 e. The number of fused-ring (bicyclic) bond motifs is 1. The lowest BCUT2D eigenvalue weighted by atomic mass is 9.69.